The maximum absolute atomic E-state index is 12.7. The predicted molar refractivity (Wildman–Crippen MR) is 104 cm³/mol. The van der Waals surface area contributed by atoms with Gasteiger partial charge in [-0.1, -0.05) is 22.9 Å². The molecule has 0 radical (unpaired) electrons. The number of hydrogen-bond acceptors (Lipinski definition) is 6. The molecular weight excluding hydrogens is 440 g/mol. The van der Waals surface area contributed by atoms with Crippen molar-refractivity contribution in [2.45, 2.75) is 32.3 Å². The first kappa shape index (κ1) is 18.9. The smallest absolute Gasteiger partial charge is 0.265 e. The van der Waals surface area contributed by atoms with Gasteiger partial charge < -0.3 is 9.26 Å². The van der Waals surface area contributed by atoms with E-state index in [9.17, 15) is 8.42 Å². The number of ether oxygens (including phenoxy) is 1. The zero-order chi connectivity index (χ0) is 18.9. The van der Waals surface area contributed by atoms with Crippen LogP contribution < -0.4 is 9.46 Å². The van der Waals surface area contributed by atoms with E-state index in [4.69, 9.17) is 9.26 Å². The van der Waals surface area contributed by atoms with Crippen molar-refractivity contribution in [1.82, 2.24) is 5.16 Å². The summed E-state index contributed by atoms with van der Waals surface area (Å²) in [5, 5.41) is 5.44. The Labute approximate surface area is 164 Å². The van der Waals surface area contributed by atoms with E-state index in [0.717, 1.165) is 16.9 Å². The van der Waals surface area contributed by atoms with Crippen molar-refractivity contribution in [2.75, 3.05) is 4.72 Å². The molecule has 3 rings (SSSR count). The summed E-state index contributed by atoms with van der Waals surface area (Å²) in [6, 6.07) is 7.41. The Morgan fingerprint density at radius 3 is 2.69 bits per heavy atom. The summed E-state index contributed by atoms with van der Waals surface area (Å²) in [6.45, 7) is 5.84. The standard InChI is InChI=1S/C17H17BrN2O4S2/c1-10-4-5-13(11(2)8-10)23-9-14-15(6-7-25-14)26(21,22)20-17-16(18)12(3)19-24-17/h4-8,20H,9H2,1-3H3. The molecule has 2 aromatic heterocycles. The molecular formula is C17H17BrN2O4S2. The van der Waals surface area contributed by atoms with Crippen LogP contribution in [0.1, 0.15) is 21.7 Å². The van der Waals surface area contributed by atoms with Crippen LogP contribution in [0.2, 0.25) is 0 Å². The molecule has 0 aliphatic rings. The molecule has 0 aliphatic heterocycles. The normalized spacial score (nSPS) is 11.5. The Kier molecular flexibility index (Phi) is 5.40. The van der Waals surface area contributed by atoms with Crippen LogP contribution in [0.15, 0.2) is 43.5 Å². The van der Waals surface area contributed by atoms with Gasteiger partial charge in [-0.05, 0) is 59.8 Å². The third-order valence-corrected chi connectivity index (χ3v) is 7.07. The first-order valence-corrected chi connectivity index (χ1v) is 10.8. The predicted octanol–water partition coefficient (Wildman–Crippen LogP) is 4.80. The summed E-state index contributed by atoms with van der Waals surface area (Å²) in [7, 11) is -3.81. The number of anilines is 1. The quantitative estimate of drug-likeness (QED) is 0.575. The molecule has 0 amide bonds. The number of halogens is 1. The number of thiophene rings is 1. The average molecular weight is 457 g/mol. The molecule has 26 heavy (non-hydrogen) atoms. The van der Waals surface area contributed by atoms with Gasteiger partial charge in [0.15, 0.2) is 0 Å². The summed E-state index contributed by atoms with van der Waals surface area (Å²) in [6.07, 6.45) is 0. The summed E-state index contributed by atoms with van der Waals surface area (Å²) in [5.74, 6) is 0.781. The van der Waals surface area contributed by atoms with Crippen LogP contribution in [0, 0.1) is 20.8 Å². The van der Waals surface area contributed by atoms with E-state index in [1.54, 1.807) is 18.4 Å². The van der Waals surface area contributed by atoms with Crippen molar-refractivity contribution in [1.29, 1.82) is 0 Å². The van der Waals surface area contributed by atoms with E-state index in [0.29, 0.717) is 15.0 Å². The fourth-order valence-electron chi connectivity index (χ4n) is 2.38. The molecule has 0 atom stereocenters. The number of benzene rings is 1. The van der Waals surface area contributed by atoms with Gasteiger partial charge in [0.25, 0.3) is 15.9 Å². The molecule has 0 aliphatic carbocycles. The lowest BCUT2D eigenvalue weighted by atomic mass is 10.1. The zero-order valence-electron chi connectivity index (χ0n) is 14.4. The molecule has 0 spiro atoms. The summed E-state index contributed by atoms with van der Waals surface area (Å²) in [4.78, 5) is 0.762. The van der Waals surface area contributed by atoms with E-state index in [2.05, 4.69) is 25.8 Å². The SMILES string of the molecule is Cc1ccc(OCc2sccc2S(=O)(=O)Nc2onc(C)c2Br)c(C)c1. The minimum absolute atomic E-state index is 0.0509. The van der Waals surface area contributed by atoms with Crippen molar-refractivity contribution in [3.63, 3.8) is 0 Å². The monoisotopic (exact) mass is 456 g/mol. The maximum Gasteiger partial charge on any atom is 0.265 e. The van der Waals surface area contributed by atoms with E-state index in [-0.39, 0.29) is 17.4 Å². The molecule has 0 unspecified atom stereocenters. The van der Waals surface area contributed by atoms with Crippen LogP contribution in [-0.2, 0) is 16.6 Å². The highest BCUT2D eigenvalue weighted by molar-refractivity contribution is 9.10. The minimum Gasteiger partial charge on any atom is -0.488 e. The lowest BCUT2D eigenvalue weighted by molar-refractivity contribution is 0.305. The van der Waals surface area contributed by atoms with Crippen LogP contribution >= 0.6 is 27.3 Å². The Hall–Kier alpha value is -1.84. The molecule has 2 heterocycles. The van der Waals surface area contributed by atoms with Gasteiger partial charge in [-0.3, -0.25) is 0 Å². The van der Waals surface area contributed by atoms with Gasteiger partial charge in [-0.15, -0.1) is 11.3 Å². The lowest BCUT2D eigenvalue weighted by Gasteiger charge is -2.11. The Bertz CT molecular complexity index is 1040. The van der Waals surface area contributed by atoms with E-state index in [1.807, 2.05) is 32.0 Å². The third kappa shape index (κ3) is 3.94. The number of rotatable bonds is 6. The second-order valence-corrected chi connectivity index (χ2v) is 9.23. The van der Waals surface area contributed by atoms with Gasteiger partial charge >= 0.3 is 0 Å². The van der Waals surface area contributed by atoms with Crippen LogP contribution in [-0.4, -0.2) is 13.6 Å². The van der Waals surface area contributed by atoms with Crippen molar-refractivity contribution in [3.8, 4) is 5.75 Å². The van der Waals surface area contributed by atoms with Crippen LogP contribution in [0.4, 0.5) is 5.88 Å². The van der Waals surface area contributed by atoms with Gasteiger partial charge in [-0.2, -0.15) is 0 Å². The van der Waals surface area contributed by atoms with E-state index in [1.165, 1.54) is 11.3 Å². The van der Waals surface area contributed by atoms with Crippen LogP contribution in [0.5, 0.6) is 5.75 Å². The molecule has 3 aromatic rings. The van der Waals surface area contributed by atoms with Crippen molar-refractivity contribution >= 4 is 43.2 Å². The Morgan fingerprint density at radius 1 is 1.27 bits per heavy atom. The fraction of sp³-hybridized carbons (Fsp3) is 0.235. The fourth-order valence-corrected chi connectivity index (χ4v) is 5.09. The summed E-state index contributed by atoms with van der Waals surface area (Å²) < 4.78 is 39.1. The molecule has 1 aromatic carbocycles. The van der Waals surface area contributed by atoms with Crippen LogP contribution in [0.25, 0.3) is 0 Å². The Morgan fingerprint density at radius 2 is 2.04 bits per heavy atom. The topological polar surface area (TPSA) is 81.4 Å². The van der Waals surface area contributed by atoms with Crippen molar-refractivity contribution in [2.24, 2.45) is 0 Å². The molecule has 0 fully saturated rings. The van der Waals surface area contributed by atoms with Gasteiger partial charge in [0, 0.05) is 0 Å². The van der Waals surface area contributed by atoms with Gasteiger partial charge in [0.05, 0.1) is 10.6 Å². The number of aryl methyl sites for hydroxylation is 3. The molecule has 138 valence electrons. The van der Waals surface area contributed by atoms with Crippen LogP contribution in [0.3, 0.4) is 0 Å². The maximum atomic E-state index is 12.7. The molecule has 0 saturated heterocycles. The first-order chi connectivity index (χ1) is 12.3. The summed E-state index contributed by atoms with van der Waals surface area (Å²) >= 11 is 4.58. The van der Waals surface area contributed by atoms with E-state index >= 15 is 0 Å². The Balaban J connectivity index is 1.80. The number of nitrogens with one attached hydrogen (secondary N) is 1. The van der Waals surface area contributed by atoms with Gasteiger partial charge in [0.2, 0.25) is 0 Å². The number of sulfonamides is 1. The van der Waals surface area contributed by atoms with Gasteiger partial charge in [0.1, 0.15) is 21.7 Å². The minimum atomic E-state index is -3.81. The average Bonchev–Trinajstić information content (AvgIpc) is 3.17. The zero-order valence-corrected chi connectivity index (χ0v) is 17.6. The van der Waals surface area contributed by atoms with E-state index < -0.39 is 10.0 Å². The highest BCUT2D eigenvalue weighted by Crippen LogP contribution is 2.31. The summed E-state index contributed by atoms with van der Waals surface area (Å²) in [5.41, 5.74) is 2.71. The molecule has 6 nitrogen and oxygen atoms in total. The number of hydrogen-bond donors (Lipinski definition) is 1. The lowest BCUT2D eigenvalue weighted by Crippen LogP contribution is -2.14. The number of nitrogens with zero attached hydrogens (tertiary/aromatic N) is 1. The first-order valence-electron chi connectivity index (χ1n) is 7.69. The highest BCUT2D eigenvalue weighted by atomic mass is 79.9. The molecule has 9 heteroatoms. The second-order valence-electron chi connectivity index (χ2n) is 5.78. The van der Waals surface area contributed by atoms with Gasteiger partial charge in [-0.25, -0.2) is 13.1 Å². The molecule has 0 bridgehead atoms. The molecule has 1 N–H and O–H groups in total. The second kappa shape index (κ2) is 7.42. The number of aromatic nitrogens is 1. The third-order valence-electron chi connectivity index (χ3n) is 3.70. The largest absolute Gasteiger partial charge is 0.488 e. The highest BCUT2D eigenvalue weighted by Gasteiger charge is 2.24. The van der Waals surface area contributed by atoms with Crippen molar-refractivity contribution < 1.29 is 17.7 Å². The molecule has 0 saturated carbocycles. The van der Waals surface area contributed by atoms with Crippen molar-refractivity contribution in [3.05, 3.63) is 55.8 Å².